The van der Waals surface area contributed by atoms with Gasteiger partial charge in [-0.15, -0.1) is 0 Å². The van der Waals surface area contributed by atoms with Crippen molar-refractivity contribution < 1.29 is 13.2 Å². The molecule has 0 bridgehead atoms. The van der Waals surface area contributed by atoms with Gasteiger partial charge in [0.15, 0.2) is 11.6 Å². The molecular formula is C14H15F2NO. The summed E-state index contributed by atoms with van der Waals surface area (Å²) < 4.78 is 31.4. The van der Waals surface area contributed by atoms with Gasteiger partial charge >= 0.3 is 0 Å². The van der Waals surface area contributed by atoms with E-state index in [2.05, 4.69) is 0 Å². The molecule has 1 heterocycles. The molecule has 18 heavy (non-hydrogen) atoms. The summed E-state index contributed by atoms with van der Waals surface area (Å²) in [5.74, 6) is -0.172. The second-order valence-corrected chi connectivity index (χ2v) is 4.22. The molecule has 0 radical (unpaired) electrons. The third-order valence-corrected chi connectivity index (χ3v) is 2.84. The Morgan fingerprint density at radius 3 is 2.56 bits per heavy atom. The van der Waals surface area contributed by atoms with Crippen LogP contribution in [0.25, 0.3) is 0 Å². The van der Waals surface area contributed by atoms with Crippen LogP contribution in [0.3, 0.4) is 0 Å². The summed E-state index contributed by atoms with van der Waals surface area (Å²) >= 11 is 0. The summed E-state index contributed by atoms with van der Waals surface area (Å²) in [5.41, 5.74) is 6.62. The maximum Gasteiger partial charge on any atom is 0.159 e. The van der Waals surface area contributed by atoms with Gasteiger partial charge in [0.05, 0.1) is 6.04 Å². The van der Waals surface area contributed by atoms with E-state index in [1.165, 1.54) is 12.1 Å². The molecule has 4 heteroatoms. The van der Waals surface area contributed by atoms with E-state index in [-0.39, 0.29) is 6.04 Å². The van der Waals surface area contributed by atoms with E-state index in [1.54, 1.807) is 0 Å². The van der Waals surface area contributed by atoms with Crippen molar-refractivity contribution in [3.8, 4) is 0 Å². The SMILES string of the molecule is CCc1ccc(C(N)Cc2ccc(F)c(F)c2)o1. The van der Waals surface area contributed by atoms with Crippen molar-refractivity contribution in [2.45, 2.75) is 25.8 Å². The molecular weight excluding hydrogens is 236 g/mol. The molecule has 1 atom stereocenters. The van der Waals surface area contributed by atoms with Crippen molar-refractivity contribution in [2.24, 2.45) is 5.73 Å². The van der Waals surface area contributed by atoms with Gasteiger partial charge < -0.3 is 10.2 Å². The van der Waals surface area contributed by atoms with Crippen molar-refractivity contribution in [3.63, 3.8) is 0 Å². The van der Waals surface area contributed by atoms with E-state index in [4.69, 9.17) is 10.2 Å². The van der Waals surface area contributed by atoms with Gasteiger partial charge in [-0.25, -0.2) is 8.78 Å². The van der Waals surface area contributed by atoms with Crippen LogP contribution in [-0.4, -0.2) is 0 Å². The van der Waals surface area contributed by atoms with Crippen molar-refractivity contribution in [1.82, 2.24) is 0 Å². The summed E-state index contributed by atoms with van der Waals surface area (Å²) in [6.07, 6.45) is 1.21. The summed E-state index contributed by atoms with van der Waals surface area (Å²) in [4.78, 5) is 0. The molecule has 2 N–H and O–H groups in total. The number of furan rings is 1. The highest BCUT2D eigenvalue weighted by molar-refractivity contribution is 5.21. The number of hydrogen-bond donors (Lipinski definition) is 1. The summed E-state index contributed by atoms with van der Waals surface area (Å²) in [7, 11) is 0. The highest BCUT2D eigenvalue weighted by Gasteiger charge is 2.12. The van der Waals surface area contributed by atoms with Crippen LogP contribution in [0.15, 0.2) is 34.7 Å². The average Bonchev–Trinajstić information content (AvgIpc) is 2.82. The van der Waals surface area contributed by atoms with E-state index in [1.807, 2.05) is 19.1 Å². The van der Waals surface area contributed by atoms with Gasteiger partial charge in [0.1, 0.15) is 11.5 Å². The fourth-order valence-electron chi connectivity index (χ4n) is 1.80. The van der Waals surface area contributed by atoms with Gasteiger partial charge in [-0.2, -0.15) is 0 Å². The lowest BCUT2D eigenvalue weighted by Crippen LogP contribution is -2.12. The molecule has 1 unspecified atom stereocenters. The molecule has 2 aromatic rings. The Labute approximate surface area is 104 Å². The Hall–Kier alpha value is -1.68. The smallest absolute Gasteiger partial charge is 0.159 e. The summed E-state index contributed by atoms with van der Waals surface area (Å²) in [6.45, 7) is 1.99. The zero-order valence-electron chi connectivity index (χ0n) is 10.1. The Balaban J connectivity index is 2.10. The van der Waals surface area contributed by atoms with Crippen molar-refractivity contribution in [3.05, 3.63) is 59.1 Å². The summed E-state index contributed by atoms with van der Waals surface area (Å²) in [5, 5.41) is 0. The first-order valence-electron chi connectivity index (χ1n) is 5.88. The number of hydrogen-bond acceptors (Lipinski definition) is 2. The van der Waals surface area contributed by atoms with E-state index in [9.17, 15) is 8.78 Å². The van der Waals surface area contributed by atoms with Crippen LogP contribution in [0, 0.1) is 11.6 Å². The maximum absolute atomic E-state index is 13.1. The van der Waals surface area contributed by atoms with Crippen LogP contribution in [0.2, 0.25) is 0 Å². The largest absolute Gasteiger partial charge is 0.464 e. The predicted octanol–water partition coefficient (Wildman–Crippen LogP) is 3.36. The minimum atomic E-state index is -0.853. The van der Waals surface area contributed by atoms with Gasteiger partial charge in [-0.1, -0.05) is 13.0 Å². The Kier molecular flexibility index (Phi) is 3.77. The maximum atomic E-state index is 13.1. The Morgan fingerprint density at radius 2 is 1.94 bits per heavy atom. The van der Waals surface area contributed by atoms with Crippen LogP contribution >= 0.6 is 0 Å². The molecule has 0 saturated heterocycles. The van der Waals surface area contributed by atoms with Gasteiger partial charge in [0.2, 0.25) is 0 Å². The van der Waals surface area contributed by atoms with Crippen molar-refractivity contribution >= 4 is 0 Å². The molecule has 0 spiro atoms. The minimum Gasteiger partial charge on any atom is -0.464 e. The molecule has 0 aliphatic rings. The molecule has 1 aromatic heterocycles. The van der Waals surface area contributed by atoms with E-state index >= 15 is 0 Å². The normalized spacial score (nSPS) is 12.7. The highest BCUT2D eigenvalue weighted by atomic mass is 19.2. The lowest BCUT2D eigenvalue weighted by molar-refractivity contribution is 0.433. The molecule has 0 fully saturated rings. The highest BCUT2D eigenvalue weighted by Crippen LogP contribution is 2.20. The second kappa shape index (κ2) is 5.31. The quantitative estimate of drug-likeness (QED) is 0.904. The zero-order chi connectivity index (χ0) is 13.1. The number of aryl methyl sites for hydroxylation is 1. The molecule has 2 nitrogen and oxygen atoms in total. The molecule has 0 saturated carbocycles. The lowest BCUT2D eigenvalue weighted by Gasteiger charge is -2.09. The topological polar surface area (TPSA) is 39.2 Å². The van der Waals surface area contributed by atoms with Gasteiger partial charge in [0, 0.05) is 6.42 Å². The Morgan fingerprint density at radius 1 is 1.17 bits per heavy atom. The van der Waals surface area contributed by atoms with Gasteiger partial charge in [-0.05, 0) is 36.2 Å². The third kappa shape index (κ3) is 2.76. The lowest BCUT2D eigenvalue weighted by atomic mass is 10.0. The first-order chi connectivity index (χ1) is 8.60. The zero-order valence-corrected chi connectivity index (χ0v) is 10.1. The number of halogens is 2. The van der Waals surface area contributed by atoms with Crippen LogP contribution in [-0.2, 0) is 12.8 Å². The van der Waals surface area contributed by atoms with Gasteiger partial charge in [0.25, 0.3) is 0 Å². The minimum absolute atomic E-state index is 0.352. The standard InChI is InChI=1S/C14H15F2NO/c1-2-10-4-6-14(18-10)13(17)8-9-3-5-11(15)12(16)7-9/h3-7,13H,2,8,17H2,1H3. The monoisotopic (exact) mass is 251 g/mol. The van der Waals surface area contributed by atoms with E-state index in [0.29, 0.717) is 17.7 Å². The molecule has 0 aliphatic carbocycles. The second-order valence-electron chi connectivity index (χ2n) is 4.22. The molecule has 96 valence electrons. The van der Waals surface area contributed by atoms with Crippen molar-refractivity contribution in [2.75, 3.05) is 0 Å². The first-order valence-corrected chi connectivity index (χ1v) is 5.88. The van der Waals surface area contributed by atoms with Crippen LogP contribution in [0.1, 0.15) is 30.0 Å². The number of nitrogens with two attached hydrogens (primary N) is 1. The van der Waals surface area contributed by atoms with Gasteiger partial charge in [-0.3, -0.25) is 0 Å². The van der Waals surface area contributed by atoms with Crippen LogP contribution in [0.5, 0.6) is 0 Å². The molecule has 2 rings (SSSR count). The van der Waals surface area contributed by atoms with E-state index in [0.717, 1.165) is 18.2 Å². The summed E-state index contributed by atoms with van der Waals surface area (Å²) in [6, 6.07) is 7.15. The number of rotatable bonds is 4. The fourth-order valence-corrected chi connectivity index (χ4v) is 1.80. The first kappa shape index (κ1) is 12.8. The predicted molar refractivity (Wildman–Crippen MR) is 65.1 cm³/mol. The van der Waals surface area contributed by atoms with Crippen LogP contribution < -0.4 is 5.73 Å². The van der Waals surface area contributed by atoms with Crippen LogP contribution in [0.4, 0.5) is 8.78 Å². The Bertz CT molecular complexity index is 536. The number of benzene rings is 1. The fraction of sp³-hybridized carbons (Fsp3) is 0.286. The molecule has 0 aliphatic heterocycles. The van der Waals surface area contributed by atoms with E-state index < -0.39 is 11.6 Å². The average molecular weight is 251 g/mol. The molecule has 0 amide bonds. The third-order valence-electron chi connectivity index (χ3n) is 2.84. The van der Waals surface area contributed by atoms with Crippen molar-refractivity contribution in [1.29, 1.82) is 0 Å². The molecule has 1 aromatic carbocycles.